The van der Waals surface area contributed by atoms with E-state index >= 15 is 0 Å². The molecule has 1 saturated carbocycles. The maximum atomic E-state index is 13.7. The monoisotopic (exact) mass is 421 g/mol. The molecule has 0 radical (unpaired) electrons. The molecule has 162 valence electrons. The number of fused-ring (bicyclic) bond motifs is 1. The number of aryl methyl sites for hydroxylation is 1. The summed E-state index contributed by atoms with van der Waals surface area (Å²) < 4.78 is 46.4. The molecule has 0 bridgehead atoms. The quantitative estimate of drug-likeness (QED) is 0.745. The number of methoxy groups -OCH3 is 1. The van der Waals surface area contributed by atoms with Crippen molar-refractivity contribution in [1.29, 1.82) is 0 Å². The highest BCUT2D eigenvalue weighted by atomic mass is 19.4. The predicted octanol–water partition coefficient (Wildman–Crippen LogP) is 3.79. The maximum Gasteiger partial charge on any atom is 0.418 e. The summed E-state index contributed by atoms with van der Waals surface area (Å²) in [6.45, 7) is 3.60. The van der Waals surface area contributed by atoms with E-state index in [0.717, 1.165) is 25.8 Å². The van der Waals surface area contributed by atoms with Gasteiger partial charge in [0.15, 0.2) is 0 Å². The zero-order chi connectivity index (χ0) is 21.5. The zero-order valence-electron chi connectivity index (χ0n) is 17.1. The Labute approximate surface area is 173 Å². The molecule has 1 saturated heterocycles. The van der Waals surface area contributed by atoms with E-state index < -0.39 is 17.6 Å². The van der Waals surface area contributed by atoms with Gasteiger partial charge in [-0.2, -0.15) is 13.2 Å². The third-order valence-electron chi connectivity index (χ3n) is 5.95. The highest BCUT2D eigenvalue weighted by Gasteiger charge is 2.36. The average Bonchev–Trinajstić information content (AvgIpc) is 3.45. The van der Waals surface area contributed by atoms with Crippen molar-refractivity contribution in [3.8, 4) is 0 Å². The number of hydrogen-bond acceptors (Lipinski definition) is 4. The van der Waals surface area contributed by atoms with Crippen LogP contribution in [0.3, 0.4) is 0 Å². The van der Waals surface area contributed by atoms with Crippen molar-refractivity contribution in [2.24, 2.45) is 5.92 Å². The second-order valence-corrected chi connectivity index (χ2v) is 8.43. The van der Waals surface area contributed by atoms with Crippen LogP contribution in [0.5, 0.6) is 0 Å². The summed E-state index contributed by atoms with van der Waals surface area (Å²) in [6, 6.07) is 4.68. The highest BCUT2D eigenvalue weighted by molar-refractivity contribution is 5.97. The van der Waals surface area contributed by atoms with Crippen LogP contribution in [-0.4, -0.2) is 43.7 Å². The third-order valence-corrected chi connectivity index (χ3v) is 5.95. The topological polar surface area (TPSA) is 63.2 Å². The molecule has 2 aliphatic rings. The van der Waals surface area contributed by atoms with Gasteiger partial charge in [-0.3, -0.25) is 4.79 Å². The summed E-state index contributed by atoms with van der Waals surface area (Å²) in [5, 5.41) is 6.60. The van der Waals surface area contributed by atoms with Gasteiger partial charge in [0.2, 0.25) is 0 Å². The number of alkyl halides is 3. The second kappa shape index (κ2) is 8.15. The SMILES string of the molecule is COCC1CN[C@H](CNC(=O)c2cc(C)c3cc(C4CC4)cc(C(F)(F)F)c3n2)C1. The van der Waals surface area contributed by atoms with E-state index in [1.54, 1.807) is 26.2 Å². The number of rotatable bonds is 6. The smallest absolute Gasteiger partial charge is 0.384 e. The molecule has 2 heterocycles. The number of nitrogens with zero attached hydrogens (tertiary/aromatic N) is 1. The Morgan fingerprint density at radius 3 is 2.73 bits per heavy atom. The number of amides is 1. The molecule has 4 rings (SSSR count). The van der Waals surface area contributed by atoms with Crippen LogP contribution in [0.2, 0.25) is 0 Å². The highest BCUT2D eigenvalue weighted by Crippen LogP contribution is 2.44. The molecule has 1 aromatic heterocycles. The molecular weight excluding hydrogens is 395 g/mol. The standard InChI is InChI=1S/C22H26F3N3O2/c1-12-5-19(21(29)27-10-16-6-13(9-26-16)11-30-2)28-20-17(12)7-15(14-3-4-14)8-18(20)22(23,24)25/h5,7-8,13-14,16,26H,3-4,6,9-11H2,1-2H3,(H,27,29)/t13?,16-/m0/s1. The van der Waals surface area contributed by atoms with Crippen molar-refractivity contribution < 1.29 is 22.7 Å². The van der Waals surface area contributed by atoms with Crippen LogP contribution in [0, 0.1) is 12.8 Å². The Kier molecular flexibility index (Phi) is 5.72. The van der Waals surface area contributed by atoms with Crippen molar-refractivity contribution in [2.75, 3.05) is 26.8 Å². The molecule has 1 aliphatic carbocycles. The largest absolute Gasteiger partial charge is 0.418 e. The van der Waals surface area contributed by atoms with E-state index in [4.69, 9.17) is 4.74 Å². The van der Waals surface area contributed by atoms with Crippen molar-refractivity contribution >= 4 is 16.8 Å². The van der Waals surface area contributed by atoms with Gasteiger partial charge >= 0.3 is 6.18 Å². The fraction of sp³-hybridized carbons (Fsp3) is 0.545. The maximum absolute atomic E-state index is 13.7. The van der Waals surface area contributed by atoms with Gasteiger partial charge < -0.3 is 15.4 Å². The molecule has 30 heavy (non-hydrogen) atoms. The summed E-state index contributed by atoms with van der Waals surface area (Å²) in [5.74, 6) is 0.128. The minimum absolute atomic E-state index is 0.0103. The zero-order valence-corrected chi connectivity index (χ0v) is 17.1. The summed E-state index contributed by atoms with van der Waals surface area (Å²) in [5.41, 5.74) is 0.416. The van der Waals surface area contributed by atoms with Crippen LogP contribution < -0.4 is 10.6 Å². The van der Waals surface area contributed by atoms with E-state index in [1.807, 2.05) is 0 Å². The minimum Gasteiger partial charge on any atom is -0.384 e. The van der Waals surface area contributed by atoms with Gasteiger partial charge in [0, 0.05) is 31.6 Å². The molecular formula is C22H26F3N3O2. The molecule has 5 nitrogen and oxygen atoms in total. The van der Waals surface area contributed by atoms with E-state index in [-0.39, 0.29) is 23.2 Å². The number of hydrogen-bond donors (Lipinski definition) is 2. The van der Waals surface area contributed by atoms with Crippen LogP contribution in [-0.2, 0) is 10.9 Å². The molecule has 1 unspecified atom stereocenters. The predicted molar refractivity (Wildman–Crippen MR) is 108 cm³/mol. The number of pyridine rings is 1. The van der Waals surface area contributed by atoms with Gasteiger partial charge in [0.1, 0.15) is 5.69 Å². The molecule has 1 aromatic carbocycles. The van der Waals surface area contributed by atoms with Crippen molar-refractivity contribution in [2.45, 2.75) is 44.3 Å². The van der Waals surface area contributed by atoms with Crippen molar-refractivity contribution in [3.63, 3.8) is 0 Å². The summed E-state index contributed by atoms with van der Waals surface area (Å²) in [4.78, 5) is 16.8. The fourth-order valence-electron chi connectivity index (χ4n) is 4.23. The Morgan fingerprint density at radius 2 is 2.07 bits per heavy atom. The number of carbonyl (C=O) groups is 1. The summed E-state index contributed by atoms with van der Waals surface area (Å²) in [6.07, 6.45) is -1.82. The number of ether oxygens (including phenoxy) is 1. The fourth-order valence-corrected chi connectivity index (χ4v) is 4.23. The van der Waals surface area contributed by atoms with Crippen LogP contribution in [0.15, 0.2) is 18.2 Å². The lowest BCUT2D eigenvalue weighted by molar-refractivity contribution is -0.136. The van der Waals surface area contributed by atoms with E-state index in [1.165, 1.54) is 6.07 Å². The van der Waals surface area contributed by atoms with Gasteiger partial charge in [0.25, 0.3) is 5.91 Å². The second-order valence-electron chi connectivity index (χ2n) is 8.43. The third kappa shape index (κ3) is 4.44. The van der Waals surface area contributed by atoms with Gasteiger partial charge in [0.05, 0.1) is 17.7 Å². The van der Waals surface area contributed by atoms with E-state index in [0.29, 0.717) is 35.6 Å². The Morgan fingerprint density at radius 1 is 1.30 bits per heavy atom. The Balaban J connectivity index is 1.57. The van der Waals surface area contributed by atoms with Crippen molar-refractivity contribution in [1.82, 2.24) is 15.6 Å². The van der Waals surface area contributed by atoms with Gasteiger partial charge in [-0.15, -0.1) is 0 Å². The molecule has 2 atom stereocenters. The first-order valence-electron chi connectivity index (χ1n) is 10.3. The molecule has 1 aliphatic heterocycles. The Hall–Kier alpha value is -2.19. The van der Waals surface area contributed by atoms with Crippen LogP contribution in [0.4, 0.5) is 13.2 Å². The van der Waals surface area contributed by atoms with Gasteiger partial charge in [-0.25, -0.2) is 4.98 Å². The normalized spacial score (nSPS) is 21.9. The van der Waals surface area contributed by atoms with Crippen LogP contribution in [0.1, 0.15) is 52.4 Å². The van der Waals surface area contributed by atoms with E-state index in [9.17, 15) is 18.0 Å². The number of aromatic nitrogens is 1. The average molecular weight is 421 g/mol. The lowest BCUT2D eigenvalue weighted by atomic mass is 9.98. The lowest BCUT2D eigenvalue weighted by Gasteiger charge is -2.16. The first-order valence-corrected chi connectivity index (χ1v) is 10.3. The molecule has 2 fully saturated rings. The molecule has 2 aromatic rings. The van der Waals surface area contributed by atoms with Gasteiger partial charge in [-0.05, 0) is 67.3 Å². The molecule has 2 N–H and O–H groups in total. The van der Waals surface area contributed by atoms with Gasteiger partial charge in [-0.1, -0.05) is 0 Å². The summed E-state index contributed by atoms with van der Waals surface area (Å²) in [7, 11) is 1.66. The van der Waals surface area contributed by atoms with Crippen molar-refractivity contribution in [3.05, 3.63) is 40.6 Å². The number of nitrogens with one attached hydrogen (secondary N) is 2. The number of benzene rings is 1. The Bertz CT molecular complexity index is 957. The van der Waals surface area contributed by atoms with E-state index in [2.05, 4.69) is 15.6 Å². The van der Waals surface area contributed by atoms with Crippen LogP contribution in [0.25, 0.3) is 10.9 Å². The van der Waals surface area contributed by atoms with Crippen LogP contribution >= 0.6 is 0 Å². The first-order chi connectivity index (χ1) is 14.3. The first kappa shape index (κ1) is 21.1. The molecule has 1 amide bonds. The molecule has 8 heteroatoms. The lowest BCUT2D eigenvalue weighted by Crippen LogP contribution is -2.37. The minimum atomic E-state index is -4.53. The summed E-state index contributed by atoms with van der Waals surface area (Å²) >= 11 is 0. The number of halogens is 3. The molecule has 0 spiro atoms. The number of carbonyl (C=O) groups excluding carboxylic acids is 1.